The van der Waals surface area contributed by atoms with E-state index in [1.807, 2.05) is 18.2 Å². The molecule has 1 heterocycles. The van der Waals surface area contributed by atoms with Gasteiger partial charge in [0.2, 0.25) is 0 Å². The first-order valence-electron chi connectivity index (χ1n) is 5.33. The molecule has 0 bridgehead atoms. The van der Waals surface area contributed by atoms with Crippen LogP contribution in [0, 0.1) is 12.7 Å². The minimum atomic E-state index is -0.980. The molecule has 0 saturated carbocycles. The largest absolute Gasteiger partial charge is 0.478 e. The lowest BCUT2D eigenvalue weighted by Crippen LogP contribution is -1.84. The van der Waals surface area contributed by atoms with Crippen LogP contribution in [0.2, 0.25) is 0 Å². The number of hydrogen-bond acceptors (Lipinski definition) is 2. The Kier molecular flexibility index (Phi) is 3.58. The summed E-state index contributed by atoms with van der Waals surface area (Å²) in [7, 11) is 0. The normalized spacial score (nSPS) is 11.0. The summed E-state index contributed by atoms with van der Waals surface area (Å²) in [4.78, 5) is 12.1. The highest BCUT2D eigenvalue weighted by atomic mass is 32.1. The van der Waals surface area contributed by atoms with Crippen LogP contribution in [0.3, 0.4) is 0 Å². The van der Waals surface area contributed by atoms with Gasteiger partial charge < -0.3 is 5.11 Å². The number of carboxylic acids is 1. The number of hydrogen-bond donors (Lipinski definition) is 1. The summed E-state index contributed by atoms with van der Waals surface area (Å²) < 4.78 is 13.4. The highest BCUT2D eigenvalue weighted by Gasteiger charge is 2.04. The van der Waals surface area contributed by atoms with Gasteiger partial charge in [-0.3, -0.25) is 0 Å². The van der Waals surface area contributed by atoms with E-state index < -0.39 is 5.97 Å². The molecule has 0 aliphatic heterocycles. The van der Waals surface area contributed by atoms with Crippen molar-refractivity contribution in [3.8, 4) is 10.4 Å². The molecule has 0 fully saturated rings. The van der Waals surface area contributed by atoms with E-state index >= 15 is 0 Å². The molecular formula is C14H11FO2S. The van der Waals surface area contributed by atoms with Gasteiger partial charge in [0.1, 0.15) is 5.82 Å². The summed E-state index contributed by atoms with van der Waals surface area (Å²) in [5.74, 6) is -1.21. The number of aliphatic carboxylic acids is 1. The first-order valence-corrected chi connectivity index (χ1v) is 6.15. The molecule has 92 valence electrons. The summed E-state index contributed by atoms with van der Waals surface area (Å²) in [5.41, 5.74) is 1.42. The predicted molar refractivity (Wildman–Crippen MR) is 71.1 cm³/mol. The number of carbonyl (C=O) groups is 1. The Bertz CT molecular complexity index is 614. The van der Waals surface area contributed by atoms with Crippen LogP contribution < -0.4 is 0 Å². The van der Waals surface area contributed by atoms with Crippen LogP contribution in [-0.4, -0.2) is 11.1 Å². The lowest BCUT2D eigenvalue weighted by molar-refractivity contribution is -0.131. The lowest BCUT2D eigenvalue weighted by Gasteiger charge is -1.99. The van der Waals surface area contributed by atoms with Gasteiger partial charge in [-0.2, -0.15) is 0 Å². The summed E-state index contributed by atoms with van der Waals surface area (Å²) in [6, 6.07) is 8.76. The fourth-order valence-corrected chi connectivity index (χ4v) is 2.40. The Morgan fingerprint density at radius 2 is 2.11 bits per heavy atom. The molecule has 0 aliphatic carbocycles. The van der Waals surface area contributed by atoms with E-state index in [1.165, 1.54) is 23.5 Å². The third kappa shape index (κ3) is 2.84. The molecule has 0 aliphatic rings. The van der Waals surface area contributed by atoms with Gasteiger partial charge in [0, 0.05) is 15.8 Å². The SMILES string of the molecule is Cc1ccc(-c2ccc(/C=C/C(=O)O)s2)cc1F. The molecule has 0 unspecified atom stereocenters. The lowest BCUT2D eigenvalue weighted by atomic mass is 10.1. The van der Waals surface area contributed by atoms with Crippen molar-refractivity contribution in [2.24, 2.45) is 0 Å². The second kappa shape index (κ2) is 5.14. The first-order chi connectivity index (χ1) is 8.56. The molecule has 1 aromatic carbocycles. The smallest absolute Gasteiger partial charge is 0.328 e. The molecule has 2 aromatic rings. The van der Waals surface area contributed by atoms with Crippen LogP contribution in [0.4, 0.5) is 4.39 Å². The Hall–Kier alpha value is -1.94. The van der Waals surface area contributed by atoms with E-state index in [0.717, 1.165) is 21.4 Å². The Balaban J connectivity index is 2.29. The monoisotopic (exact) mass is 262 g/mol. The van der Waals surface area contributed by atoms with E-state index in [0.29, 0.717) is 5.56 Å². The fraction of sp³-hybridized carbons (Fsp3) is 0.0714. The molecule has 0 saturated heterocycles. The maximum Gasteiger partial charge on any atom is 0.328 e. The number of rotatable bonds is 3. The third-order valence-corrected chi connectivity index (χ3v) is 3.57. The number of thiophene rings is 1. The highest BCUT2D eigenvalue weighted by molar-refractivity contribution is 7.16. The Morgan fingerprint density at radius 1 is 1.33 bits per heavy atom. The number of halogens is 1. The maximum atomic E-state index is 13.4. The van der Waals surface area contributed by atoms with Gasteiger partial charge in [0.15, 0.2) is 0 Å². The topological polar surface area (TPSA) is 37.3 Å². The van der Waals surface area contributed by atoms with E-state index in [9.17, 15) is 9.18 Å². The average molecular weight is 262 g/mol. The zero-order valence-electron chi connectivity index (χ0n) is 9.68. The third-order valence-electron chi connectivity index (χ3n) is 2.47. The van der Waals surface area contributed by atoms with E-state index in [2.05, 4.69) is 0 Å². The van der Waals surface area contributed by atoms with Crippen molar-refractivity contribution in [1.29, 1.82) is 0 Å². The van der Waals surface area contributed by atoms with Gasteiger partial charge in [0.05, 0.1) is 0 Å². The zero-order chi connectivity index (χ0) is 13.1. The minimum absolute atomic E-state index is 0.233. The van der Waals surface area contributed by atoms with Crippen molar-refractivity contribution >= 4 is 23.4 Å². The van der Waals surface area contributed by atoms with Crippen molar-refractivity contribution in [3.63, 3.8) is 0 Å². The second-order valence-electron chi connectivity index (χ2n) is 3.84. The van der Waals surface area contributed by atoms with Crippen LogP contribution in [0.5, 0.6) is 0 Å². The summed E-state index contributed by atoms with van der Waals surface area (Å²) >= 11 is 1.43. The molecule has 1 N–H and O–H groups in total. The van der Waals surface area contributed by atoms with Crippen molar-refractivity contribution < 1.29 is 14.3 Å². The van der Waals surface area contributed by atoms with Crippen LogP contribution >= 0.6 is 11.3 Å². The number of benzene rings is 1. The molecule has 0 radical (unpaired) electrons. The van der Waals surface area contributed by atoms with Crippen molar-refractivity contribution in [1.82, 2.24) is 0 Å². The average Bonchev–Trinajstić information content (AvgIpc) is 2.79. The number of aryl methyl sites for hydroxylation is 1. The summed E-state index contributed by atoms with van der Waals surface area (Å²) in [5, 5.41) is 8.53. The van der Waals surface area contributed by atoms with Gasteiger partial charge in [-0.05, 0) is 42.3 Å². The Morgan fingerprint density at radius 3 is 2.78 bits per heavy atom. The molecule has 2 rings (SSSR count). The van der Waals surface area contributed by atoms with Crippen LogP contribution in [-0.2, 0) is 4.79 Å². The molecular weight excluding hydrogens is 251 g/mol. The van der Waals surface area contributed by atoms with Crippen LogP contribution in [0.1, 0.15) is 10.4 Å². The van der Waals surface area contributed by atoms with Gasteiger partial charge in [-0.25, -0.2) is 9.18 Å². The molecule has 2 nitrogen and oxygen atoms in total. The fourth-order valence-electron chi connectivity index (χ4n) is 1.50. The van der Waals surface area contributed by atoms with Crippen LogP contribution in [0.15, 0.2) is 36.4 Å². The summed E-state index contributed by atoms with van der Waals surface area (Å²) in [6.07, 6.45) is 2.62. The quantitative estimate of drug-likeness (QED) is 0.850. The van der Waals surface area contributed by atoms with Gasteiger partial charge in [-0.1, -0.05) is 12.1 Å². The van der Waals surface area contributed by atoms with Gasteiger partial charge >= 0.3 is 5.97 Å². The Labute approximate surface area is 108 Å². The molecule has 18 heavy (non-hydrogen) atoms. The first kappa shape index (κ1) is 12.5. The summed E-state index contributed by atoms with van der Waals surface area (Å²) in [6.45, 7) is 1.72. The van der Waals surface area contributed by atoms with Gasteiger partial charge in [0.25, 0.3) is 0 Å². The minimum Gasteiger partial charge on any atom is -0.478 e. The second-order valence-corrected chi connectivity index (χ2v) is 4.95. The maximum absolute atomic E-state index is 13.4. The predicted octanol–water partition coefficient (Wildman–Crippen LogP) is 3.96. The number of carboxylic acid groups (broad SMARTS) is 1. The molecule has 0 amide bonds. The molecule has 0 spiro atoms. The van der Waals surface area contributed by atoms with Crippen molar-refractivity contribution in [3.05, 3.63) is 52.7 Å². The van der Waals surface area contributed by atoms with E-state index in [1.54, 1.807) is 13.0 Å². The van der Waals surface area contributed by atoms with Crippen LogP contribution in [0.25, 0.3) is 16.5 Å². The molecule has 4 heteroatoms. The molecule has 1 aromatic heterocycles. The van der Waals surface area contributed by atoms with E-state index in [4.69, 9.17) is 5.11 Å². The zero-order valence-corrected chi connectivity index (χ0v) is 10.5. The highest BCUT2D eigenvalue weighted by Crippen LogP contribution is 2.29. The van der Waals surface area contributed by atoms with Crippen molar-refractivity contribution in [2.45, 2.75) is 6.92 Å². The standard InChI is InChI=1S/C14H11FO2S/c1-9-2-3-10(8-12(9)15)13-6-4-11(18-13)5-7-14(16)17/h2-8H,1H3,(H,16,17)/b7-5+. The van der Waals surface area contributed by atoms with Gasteiger partial charge in [-0.15, -0.1) is 11.3 Å². The molecule has 0 atom stereocenters. The van der Waals surface area contributed by atoms with E-state index in [-0.39, 0.29) is 5.82 Å². The van der Waals surface area contributed by atoms with Crippen molar-refractivity contribution in [2.75, 3.05) is 0 Å².